The zero-order chi connectivity index (χ0) is 8.39. The molecule has 60 valence electrons. The fraction of sp³-hybridized carbons (Fsp3) is 0.100. The van der Waals surface area contributed by atoms with Crippen LogP contribution in [0.5, 0.6) is 0 Å². The van der Waals surface area contributed by atoms with Crippen molar-refractivity contribution in [2.45, 2.75) is 6.42 Å². The first-order chi connectivity index (χ1) is 5.86. The smallest absolute Gasteiger partial charge is 0.0698 e. The first-order valence-electron chi connectivity index (χ1n) is 3.84. The molecule has 1 nitrogen and oxygen atoms in total. The summed E-state index contributed by atoms with van der Waals surface area (Å²) in [4.78, 5) is 4.33. The summed E-state index contributed by atoms with van der Waals surface area (Å²) in [6.45, 7) is 0. The average Bonchev–Trinajstić information content (AvgIpc) is 2.25. The van der Waals surface area contributed by atoms with Gasteiger partial charge >= 0.3 is 0 Å². The Hall–Kier alpha value is -0.890. The summed E-state index contributed by atoms with van der Waals surface area (Å²) in [5.74, 6) is 0. The number of aliphatic imine (C=N–C) groups is 1. The van der Waals surface area contributed by atoms with Gasteiger partial charge in [-0.25, -0.2) is 0 Å². The second-order valence-corrected chi connectivity index (χ2v) is 3.68. The molecule has 1 aliphatic heterocycles. The lowest BCUT2D eigenvalue weighted by Gasteiger charge is -1.96. The Kier molecular flexibility index (Phi) is 2.09. The van der Waals surface area contributed by atoms with Gasteiger partial charge < -0.3 is 0 Å². The Morgan fingerprint density at radius 1 is 1.25 bits per heavy atom. The molecule has 1 aliphatic rings. The highest BCUT2D eigenvalue weighted by Crippen LogP contribution is 2.26. The number of allylic oxidation sites excluding steroid dienone is 1. The second kappa shape index (κ2) is 3.23. The number of rotatable bonds is 0. The minimum atomic E-state index is 0.884. The number of nitrogens with zero attached hydrogens (tertiary/aromatic N) is 1. The monoisotopic (exact) mass is 221 g/mol. The zero-order valence-electron chi connectivity index (χ0n) is 6.50. The second-order valence-electron chi connectivity index (χ2n) is 2.67. The first kappa shape index (κ1) is 7.74. The van der Waals surface area contributed by atoms with Crippen molar-refractivity contribution >= 4 is 33.9 Å². The molecule has 12 heavy (non-hydrogen) atoms. The van der Waals surface area contributed by atoms with Crippen LogP contribution in [-0.4, -0.2) is 6.21 Å². The molecular formula is C10H8BrN. The fourth-order valence-electron chi connectivity index (χ4n) is 1.19. The predicted molar refractivity (Wildman–Crippen MR) is 56.1 cm³/mol. The number of hydrogen-bond acceptors (Lipinski definition) is 1. The molecule has 0 saturated carbocycles. The maximum absolute atomic E-state index is 4.33. The van der Waals surface area contributed by atoms with Gasteiger partial charge in [0.1, 0.15) is 0 Å². The van der Waals surface area contributed by atoms with E-state index in [1.54, 1.807) is 0 Å². The van der Waals surface area contributed by atoms with E-state index in [0.29, 0.717) is 0 Å². The number of fused-ring (bicyclic) bond motifs is 1. The summed E-state index contributed by atoms with van der Waals surface area (Å²) in [5, 5.41) is 0. The van der Waals surface area contributed by atoms with Gasteiger partial charge in [-0.3, -0.25) is 4.99 Å². The van der Waals surface area contributed by atoms with E-state index in [1.165, 1.54) is 10.0 Å². The van der Waals surface area contributed by atoms with Crippen molar-refractivity contribution in [2.75, 3.05) is 0 Å². The maximum Gasteiger partial charge on any atom is 0.0698 e. The van der Waals surface area contributed by atoms with Crippen LogP contribution in [0, 0.1) is 0 Å². The lowest BCUT2D eigenvalue weighted by molar-refractivity contribution is 1.48. The number of halogens is 1. The van der Waals surface area contributed by atoms with Gasteiger partial charge in [0.2, 0.25) is 0 Å². The van der Waals surface area contributed by atoms with Crippen LogP contribution < -0.4 is 0 Å². The summed E-state index contributed by atoms with van der Waals surface area (Å²) >= 11 is 3.48. The summed E-state index contributed by atoms with van der Waals surface area (Å²) in [6, 6.07) is 8.12. The van der Waals surface area contributed by atoms with Crippen LogP contribution in [0.1, 0.15) is 12.0 Å². The Bertz CT molecular complexity index is 353. The normalized spacial score (nSPS) is 14.9. The van der Waals surface area contributed by atoms with Gasteiger partial charge in [-0.1, -0.05) is 34.1 Å². The van der Waals surface area contributed by atoms with Gasteiger partial charge in [-0.15, -0.1) is 0 Å². The van der Waals surface area contributed by atoms with Crippen LogP contribution in [0.25, 0.3) is 6.08 Å². The summed E-state index contributed by atoms with van der Waals surface area (Å²) < 4.78 is 1.18. The third kappa shape index (κ3) is 1.48. The molecular weight excluding hydrogens is 214 g/mol. The van der Waals surface area contributed by atoms with Crippen molar-refractivity contribution < 1.29 is 0 Å². The molecule has 0 atom stereocenters. The molecule has 2 heteroatoms. The van der Waals surface area contributed by atoms with Crippen LogP contribution >= 0.6 is 15.9 Å². The highest BCUT2D eigenvalue weighted by Gasteiger charge is 2.01. The molecule has 0 fully saturated rings. The minimum Gasteiger partial charge on any atom is -0.260 e. The van der Waals surface area contributed by atoms with E-state index in [2.05, 4.69) is 33.1 Å². The van der Waals surface area contributed by atoms with Crippen molar-refractivity contribution in [1.82, 2.24) is 0 Å². The molecule has 0 unspecified atom stereocenters. The Balaban J connectivity index is 2.58. The highest BCUT2D eigenvalue weighted by molar-refractivity contribution is 9.11. The van der Waals surface area contributed by atoms with Crippen molar-refractivity contribution in [3.05, 3.63) is 34.3 Å². The lowest BCUT2D eigenvalue weighted by atomic mass is 10.2. The number of para-hydroxylation sites is 1. The molecule has 0 N–H and O–H groups in total. The number of benzene rings is 1. The molecule has 0 spiro atoms. The van der Waals surface area contributed by atoms with Crippen molar-refractivity contribution in [1.29, 1.82) is 0 Å². The molecule has 1 aromatic carbocycles. The predicted octanol–water partition coefficient (Wildman–Crippen LogP) is 3.53. The molecule has 0 radical (unpaired) electrons. The van der Waals surface area contributed by atoms with E-state index in [1.807, 2.05) is 24.4 Å². The van der Waals surface area contributed by atoms with E-state index < -0.39 is 0 Å². The van der Waals surface area contributed by atoms with Gasteiger partial charge in [0, 0.05) is 22.7 Å². The molecule has 1 heterocycles. The van der Waals surface area contributed by atoms with Crippen LogP contribution in [-0.2, 0) is 0 Å². The van der Waals surface area contributed by atoms with Crippen molar-refractivity contribution in [3.63, 3.8) is 0 Å². The summed E-state index contributed by atoms with van der Waals surface area (Å²) in [7, 11) is 0. The van der Waals surface area contributed by atoms with E-state index in [0.717, 1.165) is 12.1 Å². The molecule has 2 rings (SSSR count). The number of hydrogen-bond donors (Lipinski definition) is 0. The Morgan fingerprint density at radius 3 is 3.00 bits per heavy atom. The van der Waals surface area contributed by atoms with Gasteiger partial charge in [0.25, 0.3) is 0 Å². The average molecular weight is 222 g/mol. The lowest BCUT2D eigenvalue weighted by Crippen LogP contribution is -1.71. The molecule has 1 aromatic rings. The molecule has 0 saturated heterocycles. The minimum absolute atomic E-state index is 0.884. The topological polar surface area (TPSA) is 12.4 Å². The van der Waals surface area contributed by atoms with Gasteiger partial charge in [0.15, 0.2) is 0 Å². The van der Waals surface area contributed by atoms with E-state index >= 15 is 0 Å². The van der Waals surface area contributed by atoms with Crippen LogP contribution in [0.15, 0.2) is 33.7 Å². The zero-order valence-corrected chi connectivity index (χ0v) is 8.08. The summed E-state index contributed by atoms with van der Waals surface area (Å²) in [6.07, 6.45) is 4.92. The first-order valence-corrected chi connectivity index (χ1v) is 4.63. The molecule has 0 aliphatic carbocycles. The molecule has 0 amide bonds. The summed E-state index contributed by atoms with van der Waals surface area (Å²) in [5.41, 5.74) is 2.23. The molecule has 0 bridgehead atoms. The van der Waals surface area contributed by atoms with Gasteiger partial charge in [-0.2, -0.15) is 0 Å². The quantitative estimate of drug-likeness (QED) is 0.636. The molecule has 0 aromatic heterocycles. The maximum atomic E-state index is 4.33. The third-order valence-electron chi connectivity index (χ3n) is 1.77. The fourth-order valence-corrected chi connectivity index (χ4v) is 1.58. The van der Waals surface area contributed by atoms with Gasteiger partial charge in [0.05, 0.1) is 5.69 Å². The van der Waals surface area contributed by atoms with Crippen LogP contribution in [0.4, 0.5) is 5.69 Å². The standard InChI is InChI=1S/C10H8BrN/c11-9-5-6-12-10-4-2-1-3-8(10)7-9/h1-4,6-7H,5H2. The van der Waals surface area contributed by atoms with E-state index in [9.17, 15) is 0 Å². The largest absolute Gasteiger partial charge is 0.260 e. The van der Waals surface area contributed by atoms with Crippen molar-refractivity contribution in [2.24, 2.45) is 4.99 Å². The SMILES string of the molecule is BrC1=Cc2ccccc2N=CC1. The Morgan fingerprint density at radius 2 is 2.08 bits per heavy atom. The van der Waals surface area contributed by atoms with E-state index in [-0.39, 0.29) is 0 Å². The van der Waals surface area contributed by atoms with E-state index in [4.69, 9.17) is 0 Å². The third-order valence-corrected chi connectivity index (χ3v) is 2.32. The van der Waals surface area contributed by atoms with Crippen LogP contribution in [0.3, 0.4) is 0 Å². The highest BCUT2D eigenvalue weighted by atomic mass is 79.9. The van der Waals surface area contributed by atoms with Crippen LogP contribution in [0.2, 0.25) is 0 Å². The van der Waals surface area contributed by atoms with Gasteiger partial charge in [-0.05, 0) is 12.1 Å². The van der Waals surface area contributed by atoms with Crippen molar-refractivity contribution in [3.8, 4) is 0 Å². The Labute approximate surface area is 80.0 Å².